The molecule has 0 bridgehead atoms. The summed E-state index contributed by atoms with van der Waals surface area (Å²) in [5.41, 5.74) is 1.95. The molecule has 1 N–H and O–H groups in total. The van der Waals surface area contributed by atoms with Crippen LogP contribution in [0.25, 0.3) is 0 Å². The molecule has 0 amide bonds. The first-order valence-electron chi connectivity index (χ1n) is 5.34. The van der Waals surface area contributed by atoms with E-state index in [1.807, 2.05) is 18.2 Å². The average molecular weight is 203 g/mol. The third-order valence-corrected chi connectivity index (χ3v) is 3.27. The number of hydrogen-bond acceptors (Lipinski definition) is 2. The van der Waals surface area contributed by atoms with E-state index in [9.17, 15) is 0 Å². The van der Waals surface area contributed by atoms with Gasteiger partial charge in [-0.2, -0.15) is 0 Å². The maximum atomic E-state index is 7.67. The highest BCUT2D eigenvalue weighted by molar-refractivity contribution is 5.93. The van der Waals surface area contributed by atoms with E-state index in [4.69, 9.17) is 10.1 Å². The molecule has 15 heavy (non-hydrogen) atoms. The Morgan fingerprint density at radius 2 is 2.00 bits per heavy atom. The molecule has 1 atom stereocenters. The molecule has 1 aliphatic rings. The van der Waals surface area contributed by atoms with Crippen LogP contribution >= 0.6 is 0 Å². The van der Waals surface area contributed by atoms with Gasteiger partial charge in [-0.3, -0.25) is 0 Å². The van der Waals surface area contributed by atoms with Crippen LogP contribution in [0.4, 0.5) is 0 Å². The Labute approximate surface area is 90.8 Å². The Morgan fingerprint density at radius 3 is 2.53 bits per heavy atom. The lowest BCUT2D eigenvalue weighted by Crippen LogP contribution is -2.50. The standard InChI is InChI=1S/C13H17NO/c1-13(2)11(14)8-12(13)15-9-10-6-4-3-5-7-10/h3-7,12,14H,8-9H2,1-2H3. The molecule has 0 saturated heterocycles. The fourth-order valence-electron chi connectivity index (χ4n) is 1.81. The van der Waals surface area contributed by atoms with Gasteiger partial charge in [-0.25, -0.2) is 0 Å². The van der Waals surface area contributed by atoms with E-state index in [1.54, 1.807) is 0 Å². The van der Waals surface area contributed by atoms with Crippen LogP contribution in [0.1, 0.15) is 25.8 Å². The summed E-state index contributed by atoms with van der Waals surface area (Å²) in [4.78, 5) is 0. The molecule has 2 heteroatoms. The van der Waals surface area contributed by atoms with E-state index in [-0.39, 0.29) is 11.5 Å². The van der Waals surface area contributed by atoms with Gasteiger partial charge in [0.2, 0.25) is 0 Å². The van der Waals surface area contributed by atoms with Crippen molar-refractivity contribution >= 4 is 5.71 Å². The molecule has 80 valence electrons. The van der Waals surface area contributed by atoms with E-state index in [2.05, 4.69) is 26.0 Å². The number of hydrogen-bond donors (Lipinski definition) is 1. The molecule has 0 radical (unpaired) electrons. The summed E-state index contributed by atoms with van der Waals surface area (Å²) >= 11 is 0. The number of benzene rings is 1. The average Bonchev–Trinajstić information content (AvgIpc) is 2.25. The molecule has 2 rings (SSSR count). The lowest BCUT2D eigenvalue weighted by atomic mass is 9.67. The lowest BCUT2D eigenvalue weighted by molar-refractivity contribution is -0.0307. The van der Waals surface area contributed by atoms with Gasteiger partial charge in [0.1, 0.15) is 0 Å². The topological polar surface area (TPSA) is 33.1 Å². The van der Waals surface area contributed by atoms with Crippen molar-refractivity contribution in [2.24, 2.45) is 5.41 Å². The van der Waals surface area contributed by atoms with Crippen LogP contribution in [0.5, 0.6) is 0 Å². The van der Waals surface area contributed by atoms with Crippen molar-refractivity contribution in [3.63, 3.8) is 0 Å². The summed E-state index contributed by atoms with van der Waals surface area (Å²) in [5.74, 6) is 0. The molecule has 1 aromatic carbocycles. The van der Waals surface area contributed by atoms with Gasteiger partial charge < -0.3 is 10.1 Å². The maximum Gasteiger partial charge on any atom is 0.0734 e. The second-order valence-electron chi connectivity index (χ2n) is 4.69. The molecule has 0 aliphatic heterocycles. The predicted molar refractivity (Wildman–Crippen MR) is 61.1 cm³/mol. The molecular weight excluding hydrogens is 186 g/mol. The molecule has 2 nitrogen and oxygen atoms in total. The van der Waals surface area contributed by atoms with Gasteiger partial charge in [0.15, 0.2) is 0 Å². The Balaban J connectivity index is 1.88. The van der Waals surface area contributed by atoms with Gasteiger partial charge >= 0.3 is 0 Å². The first kappa shape index (κ1) is 10.4. The zero-order valence-corrected chi connectivity index (χ0v) is 9.29. The second-order valence-corrected chi connectivity index (χ2v) is 4.69. The second kappa shape index (κ2) is 3.78. The van der Waals surface area contributed by atoms with Gasteiger partial charge in [-0.1, -0.05) is 44.2 Å². The number of nitrogens with one attached hydrogen (secondary N) is 1. The van der Waals surface area contributed by atoms with Crippen molar-refractivity contribution in [2.45, 2.75) is 33.0 Å². The Bertz CT molecular complexity index is 356. The zero-order valence-electron chi connectivity index (χ0n) is 9.29. The van der Waals surface area contributed by atoms with Crippen molar-refractivity contribution in [3.8, 4) is 0 Å². The number of ether oxygens (including phenoxy) is 1. The van der Waals surface area contributed by atoms with Crippen molar-refractivity contribution in [1.82, 2.24) is 0 Å². The third-order valence-electron chi connectivity index (χ3n) is 3.27. The number of rotatable bonds is 3. The van der Waals surface area contributed by atoms with Crippen molar-refractivity contribution in [2.75, 3.05) is 0 Å². The minimum Gasteiger partial charge on any atom is -0.372 e. The van der Waals surface area contributed by atoms with Crippen LogP contribution in [0.2, 0.25) is 0 Å². The summed E-state index contributed by atoms with van der Waals surface area (Å²) in [7, 11) is 0. The van der Waals surface area contributed by atoms with Crippen LogP contribution in [-0.2, 0) is 11.3 Å². The fraction of sp³-hybridized carbons (Fsp3) is 0.462. The quantitative estimate of drug-likeness (QED) is 0.804. The summed E-state index contributed by atoms with van der Waals surface area (Å²) in [6.07, 6.45) is 1.00. The van der Waals surface area contributed by atoms with Crippen LogP contribution in [0, 0.1) is 10.8 Å². The lowest BCUT2D eigenvalue weighted by Gasteiger charge is -2.44. The molecule has 1 unspecified atom stereocenters. The van der Waals surface area contributed by atoms with E-state index >= 15 is 0 Å². The van der Waals surface area contributed by atoms with Crippen LogP contribution in [-0.4, -0.2) is 11.8 Å². The highest BCUT2D eigenvalue weighted by Gasteiger charge is 2.44. The summed E-state index contributed by atoms with van der Waals surface area (Å²) in [6, 6.07) is 10.2. The van der Waals surface area contributed by atoms with E-state index in [1.165, 1.54) is 5.56 Å². The highest BCUT2D eigenvalue weighted by Crippen LogP contribution is 2.39. The van der Waals surface area contributed by atoms with Crippen LogP contribution in [0.3, 0.4) is 0 Å². The highest BCUT2D eigenvalue weighted by atomic mass is 16.5. The smallest absolute Gasteiger partial charge is 0.0734 e. The first-order chi connectivity index (χ1) is 7.10. The SMILES string of the molecule is CC1(C)C(=N)CC1OCc1ccccc1. The predicted octanol–water partition coefficient (Wildman–Crippen LogP) is 3.02. The first-order valence-corrected chi connectivity index (χ1v) is 5.34. The van der Waals surface area contributed by atoms with E-state index < -0.39 is 0 Å². The van der Waals surface area contributed by atoms with E-state index in [0.717, 1.165) is 12.1 Å². The molecule has 1 aromatic rings. The Morgan fingerprint density at radius 1 is 1.33 bits per heavy atom. The summed E-state index contributed by atoms with van der Waals surface area (Å²) in [6.45, 7) is 4.81. The van der Waals surface area contributed by atoms with Crippen molar-refractivity contribution in [3.05, 3.63) is 35.9 Å². The molecule has 1 aliphatic carbocycles. The van der Waals surface area contributed by atoms with Crippen molar-refractivity contribution in [1.29, 1.82) is 5.41 Å². The fourth-order valence-corrected chi connectivity index (χ4v) is 1.81. The summed E-state index contributed by atoms with van der Waals surface area (Å²) in [5, 5.41) is 7.67. The van der Waals surface area contributed by atoms with Gasteiger partial charge in [0.05, 0.1) is 12.7 Å². The normalized spacial score (nSPS) is 23.6. The molecule has 0 aromatic heterocycles. The minimum absolute atomic E-state index is 0.0607. The molecule has 1 saturated carbocycles. The van der Waals surface area contributed by atoms with Gasteiger partial charge in [-0.15, -0.1) is 0 Å². The van der Waals surface area contributed by atoms with Crippen LogP contribution in [0.15, 0.2) is 30.3 Å². The Kier molecular flexibility index (Phi) is 2.61. The van der Waals surface area contributed by atoms with Gasteiger partial charge in [0.25, 0.3) is 0 Å². The Hall–Kier alpha value is -1.15. The van der Waals surface area contributed by atoms with Gasteiger partial charge in [0, 0.05) is 17.5 Å². The maximum absolute atomic E-state index is 7.67. The van der Waals surface area contributed by atoms with E-state index in [0.29, 0.717) is 6.61 Å². The van der Waals surface area contributed by atoms with Crippen molar-refractivity contribution < 1.29 is 4.74 Å². The monoisotopic (exact) mass is 203 g/mol. The molecule has 0 spiro atoms. The van der Waals surface area contributed by atoms with Gasteiger partial charge in [-0.05, 0) is 5.56 Å². The largest absolute Gasteiger partial charge is 0.372 e. The zero-order chi connectivity index (χ0) is 10.9. The molecule has 1 fully saturated rings. The molecular formula is C13H17NO. The third kappa shape index (κ3) is 1.95. The van der Waals surface area contributed by atoms with Crippen LogP contribution < -0.4 is 0 Å². The minimum atomic E-state index is -0.0607. The summed E-state index contributed by atoms with van der Waals surface area (Å²) < 4.78 is 5.81. The molecule has 0 heterocycles.